The molecule has 1 aliphatic rings. The van der Waals surface area contributed by atoms with E-state index in [9.17, 15) is 14.9 Å². The second-order valence-electron chi connectivity index (χ2n) is 8.17. The number of anilines is 2. The van der Waals surface area contributed by atoms with Gasteiger partial charge in [0, 0.05) is 43.0 Å². The highest BCUT2D eigenvalue weighted by Crippen LogP contribution is 2.32. The fourth-order valence-electron chi connectivity index (χ4n) is 4.35. The van der Waals surface area contributed by atoms with E-state index in [1.807, 2.05) is 52.9 Å². The van der Waals surface area contributed by atoms with Crippen LogP contribution in [0.25, 0.3) is 22.4 Å². The maximum absolute atomic E-state index is 12.8. The van der Waals surface area contributed by atoms with Crippen LogP contribution >= 0.6 is 0 Å². The average Bonchev–Trinajstić information content (AvgIpc) is 3.48. The van der Waals surface area contributed by atoms with Gasteiger partial charge in [-0.1, -0.05) is 12.1 Å². The molecule has 8 nitrogen and oxygen atoms in total. The number of amides is 1. The van der Waals surface area contributed by atoms with E-state index in [4.69, 9.17) is 4.98 Å². The molecule has 1 amide bonds. The Morgan fingerprint density at radius 1 is 1.03 bits per heavy atom. The Morgan fingerprint density at radius 2 is 1.76 bits per heavy atom. The molecule has 0 aliphatic carbocycles. The molecule has 2 heterocycles. The van der Waals surface area contributed by atoms with Gasteiger partial charge in [-0.3, -0.25) is 14.9 Å². The lowest BCUT2D eigenvalue weighted by Gasteiger charge is -2.17. The smallest absolute Gasteiger partial charge is 0.293 e. The van der Waals surface area contributed by atoms with Crippen LogP contribution in [-0.4, -0.2) is 33.5 Å². The Kier molecular flexibility index (Phi) is 5.26. The van der Waals surface area contributed by atoms with Crippen LogP contribution in [-0.2, 0) is 7.05 Å². The Bertz CT molecular complexity index is 1350. The van der Waals surface area contributed by atoms with Crippen molar-refractivity contribution in [1.82, 2.24) is 9.55 Å². The number of fused-ring (bicyclic) bond motifs is 1. The number of aryl methyl sites for hydroxylation is 1. The molecule has 1 aromatic heterocycles. The van der Waals surface area contributed by atoms with Crippen molar-refractivity contribution in [3.05, 3.63) is 82.4 Å². The molecular formula is C25H23N5O3. The molecule has 0 spiro atoms. The third kappa shape index (κ3) is 3.91. The number of para-hydroxylation sites is 2. The van der Waals surface area contributed by atoms with Gasteiger partial charge in [-0.2, -0.15) is 0 Å². The number of nitro groups is 1. The highest BCUT2D eigenvalue weighted by atomic mass is 16.6. The first-order valence-corrected chi connectivity index (χ1v) is 10.9. The minimum atomic E-state index is -0.421. The molecule has 0 unspecified atom stereocenters. The number of carbonyl (C=O) groups excluding carboxylic acids is 1. The van der Waals surface area contributed by atoms with Crippen LogP contribution in [0.15, 0.2) is 66.7 Å². The van der Waals surface area contributed by atoms with Crippen LogP contribution in [0.1, 0.15) is 23.2 Å². The quantitative estimate of drug-likeness (QED) is 0.347. The largest absolute Gasteiger partial charge is 0.366 e. The van der Waals surface area contributed by atoms with Crippen LogP contribution in [0.3, 0.4) is 0 Å². The van der Waals surface area contributed by atoms with Gasteiger partial charge in [0.2, 0.25) is 0 Å². The first-order chi connectivity index (χ1) is 16.0. The Labute approximate surface area is 190 Å². The van der Waals surface area contributed by atoms with E-state index in [0.717, 1.165) is 48.4 Å². The molecule has 0 bridgehead atoms. The zero-order chi connectivity index (χ0) is 22.9. The first kappa shape index (κ1) is 20.7. The van der Waals surface area contributed by atoms with Gasteiger partial charge in [-0.25, -0.2) is 4.98 Å². The van der Waals surface area contributed by atoms with Crippen molar-refractivity contribution in [2.75, 3.05) is 23.3 Å². The average molecular weight is 441 g/mol. The monoisotopic (exact) mass is 441 g/mol. The Morgan fingerprint density at radius 3 is 2.45 bits per heavy atom. The van der Waals surface area contributed by atoms with Crippen LogP contribution in [0.5, 0.6) is 0 Å². The van der Waals surface area contributed by atoms with Gasteiger partial charge in [-0.05, 0) is 61.4 Å². The van der Waals surface area contributed by atoms with Crippen LogP contribution < -0.4 is 10.2 Å². The molecule has 0 saturated carbocycles. The summed E-state index contributed by atoms with van der Waals surface area (Å²) < 4.78 is 2.03. The number of hydrogen-bond acceptors (Lipinski definition) is 5. The molecule has 5 rings (SSSR count). The minimum absolute atomic E-state index is 0.0400. The van der Waals surface area contributed by atoms with Crippen molar-refractivity contribution in [3.63, 3.8) is 0 Å². The highest BCUT2D eigenvalue weighted by molar-refractivity contribution is 6.05. The van der Waals surface area contributed by atoms with E-state index >= 15 is 0 Å². The number of imidazole rings is 1. The summed E-state index contributed by atoms with van der Waals surface area (Å²) >= 11 is 0. The van der Waals surface area contributed by atoms with Crippen molar-refractivity contribution < 1.29 is 9.72 Å². The molecule has 0 atom stereocenters. The molecule has 1 N–H and O–H groups in total. The number of aromatic nitrogens is 2. The van der Waals surface area contributed by atoms with E-state index in [2.05, 4.69) is 5.32 Å². The molecule has 33 heavy (non-hydrogen) atoms. The topological polar surface area (TPSA) is 93.3 Å². The minimum Gasteiger partial charge on any atom is -0.366 e. The summed E-state index contributed by atoms with van der Waals surface area (Å²) in [5, 5.41) is 14.4. The Hall–Kier alpha value is -4.20. The lowest BCUT2D eigenvalue weighted by molar-refractivity contribution is -0.384. The molecule has 4 aromatic rings. The summed E-state index contributed by atoms with van der Waals surface area (Å²) in [6, 6.07) is 20.0. The van der Waals surface area contributed by atoms with Crippen molar-refractivity contribution >= 4 is 34.0 Å². The predicted octanol–water partition coefficient (Wildman–Crippen LogP) is 5.00. The molecule has 1 saturated heterocycles. The third-order valence-corrected chi connectivity index (χ3v) is 6.07. The number of hydrogen-bond donors (Lipinski definition) is 1. The molecule has 3 aromatic carbocycles. The molecular weight excluding hydrogens is 418 g/mol. The van der Waals surface area contributed by atoms with Gasteiger partial charge in [0.25, 0.3) is 11.6 Å². The number of rotatable bonds is 5. The van der Waals surface area contributed by atoms with E-state index in [1.165, 1.54) is 6.07 Å². The lowest BCUT2D eigenvalue weighted by Crippen LogP contribution is -2.19. The van der Waals surface area contributed by atoms with Crippen molar-refractivity contribution in [3.8, 4) is 11.4 Å². The summed E-state index contributed by atoms with van der Waals surface area (Å²) in [7, 11) is 1.97. The number of nitrogens with one attached hydrogen (secondary N) is 1. The molecule has 8 heteroatoms. The van der Waals surface area contributed by atoms with Gasteiger partial charge in [0.05, 0.1) is 16.0 Å². The van der Waals surface area contributed by atoms with E-state index in [-0.39, 0.29) is 17.2 Å². The number of nitro benzene ring substituents is 1. The maximum Gasteiger partial charge on any atom is 0.293 e. The van der Waals surface area contributed by atoms with Crippen LogP contribution in [0.2, 0.25) is 0 Å². The lowest BCUT2D eigenvalue weighted by atomic mass is 10.1. The zero-order valence-electron chi connectivity index (χ0n) is 18.2. The Balaban J connectivity index is 1.36. The van der Waals surface area contributed by atoms with Gasteiger partial charge in [-0.15, -0.1) is 0 Å². The number of nitrogens with zero attached hydrogens (tertiary/aromatic N) is 4. The zero-order valence-corrected chi connectivity index (χ0v) is 18.2. The van der Waals surface area contributed by atoms with Crippen LogP contribution in [0.4, 0.5) is 17.1 Å². The second-order valence-corrected chi connectivity index (χ2v) is 8.17. The summed E-state index contributed by atoms with van der Waals surface area (Å²) in [6.07, 6.45) is 2.04. The second kappa shape index (κ2) is 8.38. The molecule has 166 valence electrons. The summed E-state index contributed by atoms with van der Waals surface area (Å²) in [5.74, 6) is 0.448. The van der Waals surface area contributed by atoms with Gasteiger partial charge < -0.3 is 14.8 Å². The van der Waals surface area contributed by atoms with E-state index in [0.29, 0.717) is 11.4 Å². The molecule has 0 radical (unpaired) electrons. The molecule has 1 aliphatic heterocycles. The van der Waals surface area contributed by atoms with Crippen LogP contribution in [0, 0.1) is 10.1 Å². The fraction of sp³-hybridized carbons (Fsp3) is 0.200. The number of benzene rings is 3. The predicted molar refractivity (Wildman–Crippen MR) is 129 cm³/mol. The third-order valence-electron chi connectivity index (χ3n) is 6.07. The molecule has 1 fully saturated rings. The van der Waals surface area contributed by atoms with Crippen molar-refractivity contribution in [2.24, 2.45) is 7.05 Å². The summed E-state index contributed by atoms with van der Waals surface area (Å²) in [4.78, 5) is 30.7. The van der Waals surface area contributed by atoms with E-state index < -0.39 is 4.92 Å². The standard InChI is InChI=1S/C25H23N5O3/c1-28-21-7-3-2-6-20(21)27-24(28)17-8-11-19(12-9-17)26-25(31)18-10-13-22(23(16-18)30(32)33)29-14-4-5-15-29/h2-3,6-13,16H,4-5,14-15H2,1H3,(H,26,31). The van der Waals surface area contributed by atoms with E-state index in [1.54, 1.807) is 24.3 Å². The highest BCUT2D eigenvalue weighted by Gasteiger charge is 2.24. The normalized spacial score (nSPS) is 13.4. The van der Waals surface area contributed by atoms with Gasteiger partial charge in [0.1, 0.15) is 11.5 Å². The number of carbonyl (C=O) groups is 1. The summed E-state index contributed by atoms with van der Waals surface area (Å²) in [6.45, 7) is 1.59. The maximum atomic E-state index is 12.8. The SMILES string of the molecule is Cn1c(-c2ccc(NC(=O)c3ccc(N4CCCC4)c([N+](=O)[O-])c3)cc2)nc2ccccc21. The van der Waals surface area contributed by atoms with Crippen molar-refractivity contribution in [1.29, 1.82) is 0 Å². The van der Waals surface area contributed by atoms with Crippen molar-refractivity contribution in [2.45, 2.75) is 12.8 Å². The first-order valence-electron chi connectivity index (χ1n) is 10.9. The van der Waals surface area contributed by atoms with Gasteiger partial charge >= 0.3 is 0 Å². The fourth-order valence-corrected chi connectivity index (χ4v) is 4.35. The summed E-state index contributed by atoms with van der Waals surface area (Å²) in [5.41, 5.74) is 4.29. The van der Waals surface area contributed by atoms with Gasteiger partial charge in [0.15, 0.2) is 0 Å².